The first-order chi connectivity index (χ1) is 11.9. The Balaban J connectivity index is 1.70. The number of thiazole rings is 1. The number of aromatic nitrogens is 3. The Kier molecular flexibility index (Phi) is 4.80. The first-order valence-corrected chi connectivity index (χ1v) is 8.56. The minimum Gasteiger partial charge on any atom is -0.428 e. The molecule has 0 saturated carbocycles. The largest absolute Gasteiger partial charge is 0.428 e. The van der Waals surface area contributed by atoms with Gasteiger partial charge in [0.1, 0.15) is 0 Å². The number of halogens is 1. The van der Waals surface area contributed by atoms with E-state index < -0.39 is 11.7 Å². The molecule has 2 heterocycles. The summed E-state index contributed by atoms with van der Waals surface area (Å²) < 4.78 is 19.6. The standard InChI is InChI=1S/C17H17FN4O2S/c1-9(2)13-7-14(22-21-13)16(23)20-11-4-5-15(12(18)6-11)24-17-19-10(3)8-25-17/h4-9H,1-3H3,(H,20,23)(H,21,22). The van der Waals surface area contributed by atoms with Gasteiger partial charge in [0.15, 0.2) is 17.3 Å². The maximum atomic E-state index is 14.2. The number of ether oxygens (including phenoxy) is 1. The van der Waals surface area contributed by atoms with Crippen LogP contribution in [0.15, 0.2) is 29.6 Å². The second-order valence-corrected chi connectivity index (χ2v) is 6.64. The van der Waals surface area contributed by atoms with Gasteiger partial charge in [-0.3, -0.25) is 9.89 Å². The number of anilines is 1. The molecule has 0 unspecified atom stereocenters. The van der Waals surface area contributed by atoms with E-state index in [1.165, 1.54) is 23.5 Å². The molecular formula is C17H17FN4O2S. The normalized spacial score (nSPS) is 10.9. The highest BCUT2D eigenvalue weighted by molar-refractivity contribution is 7.11. The van der Waals surface area contributed by atoms with Gasteiger partial charge in [0.25, 0.3) is 11.1 Å². The molecule has 0 spiro atoms. The highest BCUT2D eigenvalue weighted by Gasteiger charge is 2.14. The molecule has 2 aromatic heterocycles. The van der Waals surface area contributed by atoms with Gasteiger partial charge >= 0.3 is 0 Å². The van der Waals surface area contributed by atoms with Crippen molar-refractivity contribution in [3.05, 3.63) is 52.5 Å². The first kappa shape index (κ1) is 17.1. The Labute approximate surface area is 148 Å². The number of H-pyrrole nitrogens is 1. The van der Waals surface area contributed by atoms with E-state index in [2.05, 4.69) is 20.5 Å². The molecular weight excluding hydrogens is 343 g/mol. The van der Waals surface area contributed by atoms with Gasteiger partial charge in [0, 0.05) is 22.8 Å². The molecule has 0 saturated heterocycles. The number of aryl methyl sites for hydroxylation is 1. The summed E-state index contributed by atoms with van der Waals surface area (Å²) in [6, 6.07) is 5.89. The molecule has 1 aromatic carbocycles. The molecule has 0 aliphatic carbocycles. The van der Waals surface area contributed by atoms with Crippen LogP contribution < -0.4 is 10.1 Å². The summed E-state index contributed by atoms with van der Waals surface area (Å²) in [4.78, 5) is 16.3. The summed E-state index contributed by atoms with van der Waals surface area (Å²) in [6.07, 6.45) is 0. The number of carbonyl (C=O) groups is 1. The Morgan fingerprint density at radius 2 is 2.16 bits per heavy atom. The summed E-state index contributed by atoms with van der Waals surface area (Å²) in [6.45, 7) is 5.82. The van der Waals surface area contributed by atoms with Crippen molar-refractivity contribution in [3.63, 3.8) is 0 Å². The van der Waals surface area contributed by atoms with Crippen LogP contribution in [0.5, 0.6) is 10.9 Å². The molecule has 130 valence electrons. The fourth-order valence-corrected chi connectivity index (χ4v) is 2.74. The molecule has 0 atom stereocenters. The SMILES string of the molecule is Cc1csc(Oc2ccc(NC(=O)c3cc(C(C)C)[nH]n3)cc2F)n1. The molecule has 3 aromatic rings. The van der Waals surface area contributed by atoms with E-state index in [4.69, 9.17) is 4.74 Å². The van der Waals surface area contributed by atoms with Crippen LogP contribution in [0.25, 0.3) is 0 Å². The second kappa shape index (κ2) is 7.02. The third-order valence-electron chi connectivity index (χ3n) is 3.44. The van der Waals surface area contributed by atoms with Crippen molar-refractivity contribution >= 4 is 22.9 Å². The van der Waals surface area contributed by atoms with Crippen LogP contribution in [0.2, 0.25) is 0 Å². The monoisotopic (exact) mass is 360 g/mol. The number of hydrogen-bond donors (Lipinski definition) is 2. The molecule has 3 rings (SSSR count). The van der Waals surface area contributed by atoms with E-state index in [0.717, 1.165) is 11.4 Å². The number of aromatic amines is 1. The molecule has 0 radical (unpaired) electrons. The van der Waals surface area contributed by atoms with Gasteiger partial charge in [-0.2, -0.15) is 5.10 Å². The fraction of sp³-hybridized carbons (Fsp3) is 0.235. The number of carbonyl (C=O) groups excluding carboxylic acids is 1. The van der Waals surface area contributed by atoms with E-state index in [1.807, 2.05) is 26.2 Å². The van der Waals surface area contributed by atoms with Crippen molar-refractivity contribution in [1.29, 1.82) is 0 Å². The summed E-state index contributed by atoms with van der Waals surface area (Å²) in [5, 5.41) is 11.6. The predicted molar refractivity (Wildman–Crippen MR) is 94.0 cm³/mol. The van der Waals surface area contributed by atoms with E-state index in [1.54, 1.807) is 12.1 Å². The molecule has 0 fully saturated rings. The zero-order chi connectivity index (χ0) is 18.0. The Hall–Kier alpha value is -2.74. The molecule has 6 nitrogen and oxygen atoms in total. The Morgan fingerprint density at radius 3 is 2.76 bits per heavy atom. The summed E-state index contributed by atoms with van der Waals surface area (Å²) >= 11 is 1.29. The van der Waals surface area contributed by atoms with Crippen LogP contribution in [0.3, 0.4) is 0 Å². The van der Waals surface area contributed by atoms with Crippen molar-refractivity contribution < 1.29 is 13.9 Å². The lowest BCUT2D eigenvalue weighted by atomic mass is 10.1. The van der Waals surface area contributed by atoms with Gasteiger partial charge in [-0.25, -0.2) is 9.37 Å². The summed E-state index contributed by atoms with van der Waals surface area (Å²) in [5.74, 6) is -0.714. The average Bonchev–Trinajstić information content (AvgIpc) is 3.19. The van der Waals surface area contributed by atoms with Gasteiger partial charge in [0.05, 0.1) is 5.69 Å². The fourth-order valence-electron chi connectivity index (χ4n) is 2.08. The van der Waals surface area contributed by atoms with E-state index in [0.29, 0.717) is 10.9 Å². The Bertz CT molecular complexity index is 904. The van der Waals surface area contributed by atoms with Gasteiger partial charge in [-0.05, 0) is 31.0 Å². The number of benzene rings is 1. The highest BCUT2D eigenvalue weighted by atomic mass is 32.1. The van der Waals surface area contributed by atoms with Crippen LogP contribution in [-0.2, 0) is 0 Å². The zero-order valence-electron chi connectivity index (χ0n) is 14.0. The predicted octanol–water partition coefficient (Wildman–Crippen LogP) is 4.48. The van der Waals surface area contributed by atoms with Crippen LogP contribution in [0.4, 0.5) is 10.1 Å². The average molecular weight is 360 g/mol. The molecule has 8 heteroatoms. The lowest BCUT2D eigenvalue weighted by Gasteiger charge is -2.07. The first-order valence-electron chi connectivity index (χ1n) is 7.68. The lowest BCUT2D eigenvalue weighted by Crippen LogP contribution is -2.12. The summed E-state index contributed by atoms with van der Waals surface area (Å²) in [5.41, 5.74) is 2.24. The highest BCUT2D eigenvalue weighted by Crippen LogP contribution is 2.29. The van der Waals surface area contributed by atoms with Crippen molar-refractivity contribution in [2.75, 3.05) is 5.32 Å². The van der Waals surface area contributed by atoms with Crippen molar-refractivity contribution in [1.82, 2.24) is 15.2 Å². The van der Waals surface area contributed by atoms with Crippen molar-refractivity contribution in [2.45, 2.75) is 26.7 Å². The van der Waals surface area contributed by atoms with Crippen molar-refractivity contribution in [3.8, 4) is 10.9 Å². The van der Waals surface area contributed by atoms with Crippen LogP contribution in [0.1, 0.15) is 41.6 Å². The molecule has 2 N–H and O–H groups in total. The van der Waals surface area contributed by atoms with Crippen molar-refractivity contribution in [2.24, 2.45) is 0 Å². The number of amides is 1. The molecule has 1 amide bonds. The van der Waals surface area contributed by atoms with Gasteiger partial charge in [-0.1, -0.05) is 25.2 Å². The Morgan fingerprint density at radius 1 is 1.36 bits per heavy atom. The second-order valence-electron chi connectivity index (χ2n) is 5.82. The maximum Gasteiger partial charge on any atom is 0.278 e. The minimum atomic E-state index is -0.587. The third kappa shape index (κ3) is 4.03. The van der Waals surface area contributed by atoms with E-state index in [-0.39, 0.29) is 17.4 Å². The molecule has 0 aliphatic rings. The molecule has 0 bridgehead atoms. The minimum absolute atomic E-state index is 0.0502. The maximum absolute atomic E-state index is 14.2. The van der Waals surface area contributed by atoms with Gasteiger partial charge < -0.3 is 10.1 Å². The summed E-state index contributed by atoms with van der Waals surface area (Å²) in [7, 11) is 0. The smallest absolute Gasteiger partial charge is 0.278 e. The van der Waals surface area contributed by atoms with Gasteiger partial charge in [0.2, 0.25) is 0 Å². The zero-order valence-corrected chi connectivity index (χ0v) is 14.8. The number of hydrogen-bond acceptors (Lipinski definition) is 5. The third-order valence-corrected chi connectivity index (χ3v) is 4.27. The number of rotatable bonds is 5. The topological polar surface area (TPSA) is 79.9 Å². The van der Waals surface area contributed by atoms with E-state index in [9.17, 15) is 9.18 Å². The van der Waals surface area contributed by atoms with E-state index >= 15 is 0 Å². The van der Waals surface area contributed by atoms with Crippen LogP contribution in [0, 0.1) is 12.7 Å². The number of nitrogens with zero attached hydrogens (tertiary/aromatic N) is 2. The van der Waals surface area contributed by atoms with Crippen LogP contribution >= 0.6 is 11.3 Å². The van der Waals surface area contributed by atoms with Crippen LogP contribution in [-0.4, -0.2) is 21.1 Å². The quantitative estimate of drug-likeness (QED) is 0.703. The molecule has 0 aliphatic heterocycles. The number of nitrogens with one attached hydrogen (secondary N) is 2. The van der Waals surface area contributed by atoms with Gasteiger partial charge in [-0.15, -0.1) is 0 Å². The lowest BCUT2D eigenvalue weighted by molar-refractivity contribution is 0.102. The molecule has 25 heavy (non-hydrogen) atoms.